The van der Waals surface area contributed by atoms with Gasteiger partial charge in [-0.1, -0.05) is 6.07 Å². The van der Waals surface area contributed by atoms with Gasteiger partial charge >= 0.3 is 0 Å². The molecule has 5 heteroatoms. The first-order chi connectivity index (χ1) is 7.72. The van der Waals surface area contributed by atoms with E-state index in [9.17, 15) is 5.11 Å². The maximum absolute atomic E-state index is 9.56. The van der Waals surface area contributed by atoms with Crippen LogP contribution in [0.3, 0.4) is 0 Å². The molecule has 0 spiro atoms. The molecule has 3 N–H and O–H groups in total. The monoisotopic (exact) mass is 219 g/mol. The van der Waals surface area contributed by atoms with Gasteiger partial charge in [0.15, 0.2) is 0 Å². The molecule has 0 saturated heterocycles. The van der Waals surface area contributed by atoms with Gasteiger partial charge in [-0.05, 0) is 19.1 Å². The van der Waals surface area contributed by atoms with Gasteiger partial charge in [-0.3, -0.25) is 0 Å². The minimum absolute atomic E-state index is 0.219. The van der Waals surface area contributed by atoms with Crippen LogP contribution in [0.5, 0.6) is 5.75 Å². The van der Waals surface area contributed by atoms with Gasteiger partial charge in [0.25, 0.3) is 0 Å². The van der Waals surface area contributed by atoms with Crippen LogP contribution in [0, 0.1) is 6.92 Å². The molecule has 2 aromatic rings. The van der Waals surface area contributed by atoms with Crippen molar-refractivity contribution in [3.05, 3.63) is 29.7 Å². The number of benzene rings is 1. The zero-order valence-electron chi connectivity index (χ0n) is 8.97. The van der Waals surface area contributed by atoms with Gasteiger partial charge in [0.2, 0.25) is 11.8 Å². The van der Waals surface area contributed by atoms with Crippen molar-refractivity contribution in [3.8, 4) is 17.2 Å². The van der Waals surface area contributed by atoms with Crippen LogP contribution in [0.2, 0.25) is 0 Å². The van der Waals surface area contributed by atoms with Gasteiger partial charge in [0.1, 0.15) is 5.75 Å². The van der Waals surface area contributed by atoms with E-state index in [2.05, 4.69) is 10.2 Å². The number of nitrogens with zero attached hydrogens (tertiary/aromatic N) is 2. The molecule has 1 heterocycles. The second-order valence-electron chi connectivity index (χ2n) is 3.49. The first kappa shape index (κ1) is 10.6. The minimum atomic E-state index is 0.219. The quantitative estimate of drug-likeness (QED) is 0.811. The maximum atomic E-state index is 9.56. The van der Waals surface area contributed by atoms with Gasteiger partial charge in [0.05, 0.1) is 0 Å². The molecule has 2 rings (SSSR count). The van der Waals surface area contributed by atoms with Crippen LogP contribution in [0.1, 0.15) is 11.5 Å². The smallest absolute Gasteiger partial charge is 0.248 e. The summed E-state index contributed by atoms with van der Waals surface area (Å²) in [4.78, 5) is 0. The molecule has 0 unspecified atom stereocenters. The summed E-state index contributed by atoms with van der Waals surface area (Å²) in [6.45, 7) is 2.28. The maximum Gasteiger partial charge on any atom is 0.248 e. The van der Waals surface area contributed by atoms with Crippen molar-refractivity contribution >= 4 is 0 Å². The van der Waals surface area contributed by atoms with Crippen molar-refractivity contribution in [2.75, 3.05) is 6.54 Å². The van der Waals surface area contributed by atoms with E-state index in [0.717, 1.165) is 11.1 Å². The fraction of sp³-hybridized carbons (Fsp3) is 0.273. The van der Waals surface area contributed by atoms with E-state index in [0.29, 0.717) is 24.7 Å². The molecule has 1 aromatic heterocycles. The molecule has 1 aromatic carbocycles. The normalized spacial score (nSPS) is 10.6. The molecule has 0 bridgehead atoms. The van der Waals surface area contributed by atoms with Crippen molar-refractivity contribution < 1.29 is 9.52 Å². The highest BCUT2D eigenvalue weighted by Crippen LogP contribution is 2.27. The minimum Gasteiger partial charge on any atom is -0.508 e. The highest BCUT2D eigenvalue weighted by Gasteiger charge is 2.12. The fourth-order valence-electron chi connectivity index (χ4n) is 1.44. The van der Waals surface area contributed by atoms with Crippen LogP contribution in [-0.4, -0.2) is 21.8 Å². The second kappa shape index (κ2) is 4.32. The predicted octanol–water partition coefficient (Wildman–Crippen LogP) is 1.25. The fourth-order valence-corrected chi connectivity index (χ4v) is 1.44. The lowest BCUT2D eigenvalue weighted by atomic mass is 10.1. The Hall–Kier alpha value is -1.88. The van der Waals surface area contributed by atoms with Crippen molar-refractivity contribution in [1.82, 2.24) is 10.2 Å². The number of aromatic nitrogens is 2. The average molecular weight is 219 g/mol. The third-order valence-corrected chi connectivity index (χ3v) is 2.36. The first-order valence-electron chi connectivity index (χ1n) is 5.03. The van der Waals surface area contributed by atoms with Crippen molar-refractivity contribution in [1.29, 1.82) is 0 Å². The van der Waals surface area contributed by atoms with Gasteiger partial charge < -0.3 is 15.3 Å². The van der Waals surface area contributed by atoms with E-state index in [1.54, 1.807) is 19.1 Å². The Morgan fingerprint density at radius 1 is 1.38 bits per heavy atom. The largest absolute Gasteiger partial charge is 0.508 e. The summed E-state index contributed by atoms with van der Waals surface area (Å²) in [5, 5.41) is 17.4. The van der Waals surface area contributed by atoms with Gasteiger partial charge in [-0.15, -0.1) is 10.2 Å². The van der Waals surface area contributed by atoms with E-state index >= 15 is 0 Å². The molecular weight excluding hydrogens is 206 g/mol. The summed E-state index contributed by atoms with van der Waals surface area (Å²) in [7, 11) is 0. The lowest BCUT2D eigenvalue weighted by Gasteiger charge is -2.02. The topological polar surface area (TPSA) is 85.2 Å². The predicted molar refractivity (Wildman–Crippen MR) is 58.9 cm³/mol. The number of phenolic OH excluding ortho intramolecular Hbond substituents is 1. The van der Waals surface area contributed by atoms with E-state index < -0.39 is 0 Å². The van der Waals surface area contributed by atoms with Crippen LogP contribution in [0.15, 0.2) is 22.6 Å². The first-order valence-corrected chi connectivity index (χ1v) is 5.03. The van der Waals surface area contributed by atoms with Crippen molar-refractivity contribution in [2.45, 2.75) is 13.3 Å². The van der Waals surface area contributed by atoms with Crippen LogP contribution >= 0.6 is 0 Å². The zero-order chi connectivity index (χ0) is 11.5. The third-order valence-electron chi connectivity index (χ3n) is 2.36. The standard InChI is InChI=1S/C11H13N3O2/c1-7-8(3-2-4-9(7)15)11-14-13-10(16-11)5-6-12/h2-4,15H,5-6,12H2,1H3. The molecule has 0 aliphatic rings. The Bertz CT molecular complexity index is 494. The second-order valence-corrected chi connectivity index (χ2v) is 3.49. The molecule has 0 fully saturated rings. The van der Waals surface area contributed by atoms with E-state index in [1.165, 1.54) is 0 Å². The van der Waals surface area contributed by atoms with Crippen LogP contribution < -0.4 is 5.73 Å². The number of rotatable bonds is 3. The summed E-state index contributed by atoms with van der Waals surface area (Å²) in [5.74, 6) is 1.15. The summed E-state index contributed by atoms with van der Waals surface area (Å²) in [6, 6.07) is 5.19. The number of aromatic hydroxyl groups is 1. The lowest BCUT2D eigenvalue weighted by Crippen LogP contribution is -2.02. The lowest BCUT2D eigenvalue weighted by molar-refractivity contribution is 0.470. The Morgan fingerprint density at radius 2 is 2.19 bits per heavy atom. The van der Waals surface area contributed by atoms with Crippen molar-refractivity contribution in [2.24, 2.45) is 5.73 Å². The zero-order valence-corrected chi connectivity index (χ0v) is 8.97. The molecule has 84 valence electrons. The SMILES string of the molecule is Cc1c(O)cccc1-c1nnc(CCN)o1. The van der Waals surface area contributed by atoms with Crippen LogP contribution in [0.25, 0.3) is 11.5 Å². The highest BCUT2D eigenvalue weighted by atomic mass is 16.4. The number of hydrogen-bond acceptors (Lipinski definition) is 5. The number of phenols is 1. The molecule has 0 aliphatic carbocycles. The Labute approximate surface area is 92.9 Å². The Morgan fingerprint density at radius 3 is 2.94 bits per heavy atom. The number of hydrogen-bond donors (Lipinski definition) is 2. The summed E-state index contributed by atoms with van der Waals surface area (Å²) in [6.07, 6.45) is 0.560. The Balaban J connectivity index is 2.39. The molecule has 0 radical (unpaired) electrons. The molecular formula is C11H13N3O2. The highest BCUT2D eigenvalue weighted by molar-refractivity contribution is 5.61. The summed E-state index contributed by atoms with van der Waals surface area (Å²) in [5.41, 5.74) is 6.87. The van der Waals surface area contributed by atoms with Gasteiger partial charge in [-0.25, -0.2) is 0 Å². The average Bonchev–Trinajstić information content (AvgIpc) is 2.71. The van der Waals surface area contributed by atoms with E-state index in [4.69, 9.17) is 10.2 Å². The van der Waals surface area contributed by atoms with Gasteiger partial charge in [0, 0.05) is 24.1 Å². The molecule has 0 amide bonds. The van der Waals surface area contributed by atoms with Gasteiger partial charge in [-0.2, -0.15) is 0 Å². The molecule has 0 atom stereocenters. The summed E-state index contributed by atoms with van der Waals surface area (Å²) >= 11 is 0. The molecule has 0 aliphatic heterocycles. The summed E-state index contributed by atoms with van der Waals surface area (Å²) < 4.78 is 5.43. The third kappa shape index (κ3) is 1.90. The van der Waals surface area contributed by atoms with Crippen molar-refractivity contribution in [3.63, 3.8) is 0 Å². The number of nitrogens with two attached hydrogens (primary N) is 1. The molecule has 0 saturated carbocycles. The Kier molecular flexibility index (Phi) is 2.87. The van der Waals surface area contributed by atoms with E-state index in [-0.39, 0.29) is 5.75 Å². The van der Waals surface area contributed by atoms with E-state index in [1.807, 2.05) is 6.07 Å². The van der Waals surface area contributed by atoms with Crippen LogP contribution in [0.4, 0.5) is 0 Å². The molecule has 5 nitrogen and oxygen atoms in total. The molecule has 16 heavy (non-hydrogen) atoms. The van der Waals surface area contributed by atoms with Crippen LogP contribution in [-0.2, 0) is 6.42 Å².